The number of anilines is 1. The number of piperazine rings is 1. The fourth-order valence-corrected chi connectivity index (χ4v) is 2.63. The second-order valence-electron chi connectivity index (χ2n) is 5.64. The molecule has 0 unspecified atom stereocenters. The molecule has 0 radical (unpaired) electrons. The number of fused-ring (bicyclic) bond motifs is 1. The van der Waals surface area contributed by atoms with Gasteiger partial charge in [0.1, 0.15) is 16.7 Å². The smallest absolute Gasteiger partial charge is 0.242 e. The van der Waals surface area contributed by atoms with Gasteiger partial charge in [-0.3, -0.25) is 14.6 Å². The van der Waals surface area contributed by atoms with Crippen molar-refractivity contribution in [2.45, 2.75) is 0 Å². The van der Waals surface area contributed by atoms with Crippen molar-refractivity contribution < 1.29 is 4.79 Å². The minimum atomic E-state index is 0.0691. The van der Waals surface area contributed by atoms with Gasteiger partial charge in [-0.25, -0.2) is 9.97 Å². The van der Waals surface area contributed by atoms with Gasteiger partial charge < -0.3 is 9.80 Å². The zero-order valence-corrected chi connectivity index (χ0v) is 12.9. The van der Waals surface area contributed by atoms with Crippen LogP contribution in [0.4, 0.5) is 5.95 Å². The van der Waals surface area contributed by atoms with Crippen LogP contribution in [0.15, 0.2) is 18.6 Å². The summed E-state index contributed by atoms with van der Waals surface area (Å²) in [4.78, 5) is 24.5. The summed E-state index contributed by atoms with van der Waals surface area (Å²) in [5, 5.41) is 11.4. The first-order valence-corrected chi connectivity index (χ1v) is 7.31. The fourth-order valence-electron chi connectivity index (χ4n) is 2.63. The molecule has 1 N–H and O–H groups in total. The Balaban J connectivity index is 1.74. The molecule has 0 aromatic carbocycles. The van der Waals surface area contributed by atoms with E-state index >= 15 is 0 Å². The number of aromatic nitrogens is 6. The van der Waals surface area contributed by atoms with E-state index in [0.29, 0.717) is 25.6 Å². The van der Waals surface area contributed by atoms with Gasteiger partial charge >= 0.3 is 0 Å². The molecule has 1 aliphatic rings. The molecule has 9 nitrogen and oxygen atoms in total. The van der Waals surface area contributed by atoms with Gasteiger partial charge in [-0.1, -0.05) is 0 Å². The second kappa shape index (κ2) is 5.04. The number of carbonyl (C=O) groups excluding carboxylic acids is 1. The van der Waals surface area contributed by atoms with E-state index < -0.39 is 0 Å². The number of aromatic amines is 1. The highest BCUT2D eigenvalue weighted by molar-refractivity contribution is 5.89. The Morgan fingerprint density at radius 3 is 2.83 bits per heavy atom. The highest BCUT2D eigenvalue weighted by Gasteiger charge is 2.23. The summed E-state index contributed by atoms with van der Waals surface area (Å²) in [6.45, 7) is 1.68. The average molecular weight is 312 g/mol. The van der Waals surface area contributed by atoms with Gasteiger partial charge in [0, 0.05) is 38.9 Å². The summed E-state index contributed by atoms with van der Waals surface area (Å²) in [6, 6.07) is 0. The van der Waals surface area contributed by atoms with Crippen LogP contribution in [0.1, 0.15) is 0 Å². The van der Waals surface area contributed by atoms with Crippen LogP contribution in [0.25, 0.3) is 22.3 Å². The Morgan fingerprint density at radius 2 is 2.09 bits per heavy atom. The average Bonchev–Trinajstić information content (AvgIpc) is 3.15. The Kier molecular flexibility index (Phi) is 3.00. The normalized spacial score (nSPS) is 15.7. The van der Waals surface area contributed by atoms with Crippen LogP contribution >= 0.6 is 0 Å². The molecule has 0 atom stereocenters. The molecule has 3 aromatic heterocycles. The first-order chi connectivity index (χ1) is 11.1. The Hall–Kier alpha value is -2.97. The van der Waals surface area contributed by atoms with Crippen LogP contribution < -0.4 is 4.90 Å². The SMILES string of the molecule is CN1CCN(c2ncc3[nH]nc(-c4cnn(C)c4)c3n2)CC1=O. The molecule has 9 heteroatoms. The molecule has 1 aliphatic heterocycles. The van der Waals surface area contributed by atoms with Crippen molar-refractivity contribution in [2.75, 3.05) is 31.6 Å². The van der Waals surface area contributed by atoms with Crippen molar-refractivity contribution in [3.8, 4) is 11.3 Å². The largest absolute Gasteiger partial charge is 0.342 e. The summed E-state index contributed by atoms with van der Waals surface area (Å²) in [6.07, 6.45) is 5.33. The molecule has 0 spiro atoms. The van der Waals surface area contributed by atoms with Crippen LogP contribution in [-0.2, 0) is 11.8 Å². The first-order valence-electron chi connectivity index (χ1n) is 7.31. The fraction of sp³-hybridized carbons (Fsp3) is 0.357. The lowest BCUT2D eigenvalue weighted by Gasteiger charge is -2.31. The van der Waals surface area contributed by atoms with E-state index in [9.17, 15) is 4.79 Å². The number of rotatable bonds is 2. The van der Waals surface area contributed by atoms with E-state index in [-0.39, 0.29) is 5.91 Å². The van der Waals surface area contributed by atoms with Gasteiger partial charge in [0.25, 0.3) is 0 Å². The maximum atomic E-state index is 11.9. The van der Waals surface area contributed by atoms with Crippen LogP contribution in [0.3, 0.4) is 0 Å². The number of nitrogens with zero attached hydrogens (tertiary/aromatic N) is 7. The summed E-state index contributed by atoms with van der Waals surface area (Å²) < 4.78 is 1.72. The van der Waals surface area contributed by atoms with Crippen molar-refractivity contribution in [3.63, 3.8) is 0 Å². The molecule has 0 bridgehead atoms. The number of aryl methyl sites for hydroxylation is 1. The number of likely N-dealkylation sites (N-methyl/N-ethyl adjacent to an activating group) is 1. The van der Waals surface area contributed by atoms with Crippen LogP contribution in [-0.4, -0.2) is 67.4 Å². The number of nitrogens with one attached hydrogen (secondary N) is 1. The molecule has 23 heavy (non-hydrogen) atoms. The molecule has 4 rings (SSSR count). The Labute approximate surface area is 131 Å². The van der Waals surface area contributed by atoms with Crippen LogP contribution in [0.5, 0.6) is 0 Å². The van der Waals surface area contributed by atoms with Crippen molar-refractivity contribution >= 4 is 22.9 Å². The number of H-pyrrole nitrogens is 1. The minimum Gasteiger partial charge on any atom is -0.342 e. The molecule has 118 valence electrons. The van der Waals surface area contributed by atoms with E-state index in [4.69, 9.17) is 0 Å². The van der Waals surface area contributed by atoms with Crippen molar-refractivity contribution in [2.24, 2.45) is 7.05 Å². The van der Waals surface area contributed by atoms with E-state index in [1.54, 1.807) is 29.0 Å². The lowest BCUT2D eigenvalue weighted by Crippen LogP contribution is -2.49. The minimum absolute atomic E-state index is 0.0691. The predicted octanol–water partition coefficient (Wildman–Crippen LogP) is 0.0318. The lowest BCUT2D eigenvalue weighted by atomic mass is 10.2. The second-order valence-corrected chi connectivity index (χ2v) is 5.64. The predicted molar refractivity (Wildman–Crippen MR) is 83.7 cm³/mol. The zero-order chi connectivity index (χ0) is 16.0. The third-order valence-electron chi connectivity index (χ3n) is 4.01. The van der Waals surface area contributed by atoms with Gasteiger partial charge in [0.05, 0.1) is 18.9 Å². The maximum absolute atomic E-state index is 11.9. The number of carbonyl (C=O) groups is 1. The molecular formula is C14H16N8O. The first kappa shape index (κ1) is 13.7. The molecule has 1 saturated heterocycles. The standard InChI is InChI=1S/C14H16N8O/c1-20-3-4-22(8-11(20)23)14-15-6-10-13(17-14)12(19-18-10)9-5-16-21(2)7-9/h5-7H,3-4,8H2,1-2H3,(H,18,19). The molecule has 1 fully saturated rings. The molecule has 0 saturated carbocycles. The third-order valence-corrected chi connectivity index (χ3v) is 4.01. The van der Waals surface area contributed by atoms with Crippen molar-refractivity contribution in [1.82, 2.24) is 34.8 Å². The molecular weight excluding hydrogens is 296 g/mol. The summed E-state index contributed by atoms with van der Waals surface area (Å²) >= 11 is 0. The summed E-state index contributed by atoms with van der Waals surface area (Å²) in [5.74, 6) is 0.616. The monoisotopic (exact) mass is 312 g/mol. The molecule has 1 amide bonds. The summed E-state index contributed by atoms with van der Waals surface area (Å²) in [5.41, 5.74) is 3.11. The number of hydrogen-bond acceptors (Lipinski definition) is 6. The highest BCUT2D eigenvalue weighted by atomic mass is 16.2. The van der Waals surface area contributed by atoms with Crippen LogP contribution in [0, 0.1) is 0 Å². The van der Waals surface area contributed by atoms with E-state index in [0.717, 1.165) is 22.3 Å². The number of hydrogen-bond donors (Lipinski definition) is 1. The van der Waals surface area contributed by atoms with Crippen molar-refractivity contribution in [3.05, 3.63) is 18.6 Å². The topological polar surface area (TPSA) is 95.8 Å². The van der Waals surface area contributed by atoms with Crippen LogP contribution in [0.2, 0.25) is 0 Å². The Bertz CT molecular complexity index is 882. The third kappa shape index (κ3) is 2.30. The van der Waals surface area contributed by atoms with Crippen molar-refractivity contribution in [1.29, 1.82) is 0 Å². The van der Waals surface area contributed by atoms with E-state index in [1.165, 1.54) is 0 Å². The van der Waals surface area contributed by atoms with E-state index in [1.807, 2.05) is 18.1 Å². The summed E-state index contributed by atoms with van der Waals surface area (Å²) in [7, 11) is 3.66. The van der Waals surface area contributed by atoms with Gasteiger partial charge in [-0.05, 0) is 0 Å². The zero-order valence-electron chi connectivity index (χ0n) is 12.9. The molecule has 0 aliphatic carbocycles. The Morgan fingerprint density at radius 1 is 1.22 bits per heavy atom. The molecule has 4 heterocycles. The maximum Gasteiger partial charge on any atom is 0.242 e. The van der Waals surface area contributed by atoms with Gasteiger partial charge in [0.2, 0.25) is 11.9 Å². The van der Waals surface area contributed by atoms with Gasteiger partial charge in [0.15, 0.2) is 0 Å². The lowest BCUT2D eigenvalue weighted by molar-refractivity contribution is -0.129. The van der Waals surface area contributed by atoms with Gasteiger partial charge in [-0.15, -0.1) is 0 Å². The molecule has 3 aromatic rings. The quantitative estimate of drug-likeness (QED) is 0.717. The highest BCUT2D eigenvalue weighted by Crippen LogP contribution is 2.25. The number of amides is 1. The van der Waals surface area contributed by atoms with Gasteiger partial charge in [-0.2, -0.15) is 10.2 Å². The van der Waals surface area contributed by atoms with E-state index in [2.05, 4.69) is 25.3 Å².